The Bertz CT molecular complexity index is 1570. The van der Waals surface area contributed by atoms with Crippen molar-refractivity contribution in [2.75, 3.05) is 59.7 Å². The number of hydrogen-bond acceptors (Lipinski definition) is 7. The number of aliphatic carboxylic acids is 1. The molecule has 322 valence electrons. The number of amides is 1. The molecular formula is C48H78N2O7. The molecule has 57 heavy (non-hydrogen) atoms. The molecule has 0 aromatic heterocycles. The van der Waals surface area contributed by atoms with Crippen LogP contribution in [0.2, 0.25) is 0 Å². The third kappa shape index (κ3) is 6.32. The highest BCUT2D eigenvalue weighted by atomic mass is 16.5. The van der Waals surface area contributed by atoms with Crippen LogP contribution in [0.5, 0.6) is 0 Å². The van der Waals surface area contributed by atoms with E-state index in [0.717, 1.165) is 71.2 Å². The van der Waals surface area contributed by atoms with E-state index in [1.807, 2.05) is 13.8 Å². The molecule has 0 aromatic carbocycles. The molecule has 0 unspecified atom stereocenters. The fourth-order valence-electron chi connectivity index (χ4n) is 16.4. The van der Waals surface area contributed by atoms with Gasteiger partial charge in [0.2, 0.25) is 5.91 Å². The predicted octanol–water partition coefficient (Wildman–Crippen LogP) is 8.33. The van der Waals surface area contributed by atoms with Crippen molar-refractivity contribution in [3.63, 3.8) is 0 Å². The number of carboxylic acids is 1. The molecule has 1 N–H and O–H groups in total. The molecule has 8 rings (SSSR count). The number of ether oxygens (including phenoxy) is 3. The van der Waals surface area contributed by atoms with Crippen molar-refractivity contribution >= 4 is 17.8 Å². The molecule has 1 aliphatic heterocycles. The van der Waals surface area contributed by atoms with Gasteiger partial charge in [-0.3, -0.25) is 19.3 Å². The van der Waals surface area contributed by atoms with Crippen LogP contribution in [0.1, 0.15) is 139 Å². The van der Waals surface area contributed by atoms with E-state index in [-0.39, 0.29) is 45.1 Å². The summed E-state index contributed by atoms with van der Waals surface area (Å²) in [6, 6.07) is 0. The first-order valence-corrected chi connectivity index (χ1v) is 23.3. The monoisotopic (exact) mass is 795 g/mol. The molecule has 1 saturated heterocycles. The maximum Gasteiger partial charge on any atom is 0.309 e. The Morgan fingerprint density at radius 3 is 2.04 bits per heavy atom. The Morgan fingerprint density at radius 2 is 1.39 bits per heavy atom. The number of carboxylic acid groups (broad SMARTS) is 1. The highest BCUT2D eigenvalue weighted by Crippen LogP contribution is 2.79. The van der Waals surface area contributed by atoms with Crippen LogP contribution >= 0.6 is 0 Å². The molecule has 7 saturated carbocycles. The van der Waals surface area contributed by atoms with Crippen LogP contribution in [0.25, 0.3) is 0 Å². The summed E-state index contributed by atoms with van der Waals surface area (Å²) in [6.07, 6.45) is 14.2. The standard InChI is InChI=1S/C48H78N2O7/c1-42(2)33(39(51)52)30-34(42)40(53)57-37-14-15-45(6)35(43(37,3)4)13-16-47(8)36(45)11-10-32-38-31(44(5)18-19-44)12-17-48(38,21-20-46(32,47)7)41(54)50-24-22-49(23-25-50)26-27-56-29-28-55-9/h31-38H,10-30H2,1-9H3,(H,51,52)/t31-,32-,33+,34-,35+,36-,37+,38-,45+,46-,47-,48+/m1/s1. The number of hydrogen-bond donors (Lipinski definition) is 1. The molecule has 8 fully saturated rings. The smallest absolute Gasteiger partial charge is 0.309 e. The van der Waals surface area contributed by atoms with E-state index in [1.54, 1.807) is 7.11 Å². The quantitative estimate of drug-likeness (QED) is 0.165. The summed E-state index contributed by atoms with van der Waals surface area (Å²) in [5.74, 6) is 1.44. The Kier molecular flexibility index (Phi) is 10.6. The minimum absolute atomic E-state index is 0.144. The number of carbonyl (C=O) groups is 3. The largest absolute Gasteiger partial charge is 0.481 e. The zero-order valence-electron chi connectivity index (χ0n) is 37.3. The van der Waals surface area contributed by atoms with E-state index < -0.39 is 17.3 Å². The number of fused-ring (bicyclic) bond motifs is 7. The van der Waals surface area contributed by atoms with Crippen molar-refractivity contribution in [3.05, 3.63) is 0 Å². The second-order valence-electron chi connectivity index (χ2n) is 23.2. The Hall–Kier alpha value is -1.71. The van der Waals surface area contributed by atoms with Gasteiger partial charge in [-0.25, -0.2) is 0 Å². The van der Waals surface area contributed by atoms with Gasteiger partial charge in [0.1, 0.15) is 6.10 Å². The van der Waals surface area contributed by atoms with E-state index >= 15 is 4.79 Å². The van der Waals surface area contributed by atoms with Crippen LogP contribution in [0.3, 0.4) is 0 Å². The summed E-state index contributed by atoms with van der Waals surface area (Å²) in [7, 11) is 1.71. The average Bonchev–Trinajstić information content (AvgIpc) is 3.77. The van der Waals surface area contributed by atoms with Gasteiger partial charge in [0, 0.05) is 45.2 Å². The topological polar surface area (TPSA) is 106 Å². The SMILES string of the molecule is COCCOCCN1CCN(C(=O)[C@]23CC[C@@H](C4(C)CC4)[C@@H]2[C@H]2CC[C@@H]4[C@@]5(C)CC[C@H](OC(=O)[C@H]6C[C@@H](C(=O)O)C6(C)C)C(C)(C)[C@@H]5CC[C@@]4(C)[C@]2(C)CC3)CC1. The van der Waals surface area contributed by atoms with Crippen molar-refractivity contribution in [2.24, 2.45) is 79.3 Å². The highest BCUT2D eigenvalue weighted by Gasteiger charge is 2.74. The molecule has 8 aliphatic rings. The first-order valence-electron chi connectivity index (χ1n) is 23.3. The molecule has 12 atom stereocenters. The Balaban J connectivity index is 0.992. The van der Waals surface area contributed by atoms with Gasteiger partial charge in [0.05, 0.1) is 37.1 Å². The molecular weight excluding hydrogens is 717 g/mol. The van der Waals surface area contributed by atoms with E-state index in [4.69, 9.17) is 14.2 Å². The van der Waals surface area contributed by atoms with Crippen molar-refractivity contribution in [3.8, 4) is 0 Å². The minimum atomic E-state index is -0.808. The summed E-state index contributed by atoms with van der Waals surface area (Å²) in [5.41, 5.74) is 0.00575. The summed E-state index contributed by atoms with van der Waals surface area (Å²) >= 11 is 0. The van der Waals surface area contributed by atoms with E-state index in [1.165, 1.54) is 38.5 Å². The van der Waals surface area contributed by atoms with Crippen molar-refractivity contribution in [2.45, 2.75) is 145 Å². The van der Waals surface area contributed by atoms with Crippen LogP contribution in [-0.2, 0) is 28.6 Å². The summed E-state index contributed by atoms with van der Waals surface area (Å²) in [6.45, 7) is 25.5. The van der Waals surface area contributed by atoms with Gasteiger partial charge in [-0.1, -0.05) is 55.4 Å². The zero-order valence-corrected chi connectivity index (χ0v) is 37.3. The van der Waals surface area contributed by atoms with Crippen molar-refractivity contribution < 1.29 is 33.7 Å². The van der Waals surface area contributed by atoms with E-state index in [9.17, 15) is 14.7 Å². The average molecular weight is 795 g/mol. The van der Waals surface area contributed by atoms with Gasteiger partial charge in [-0.05, 0) is 140 Å². The van der Waals surface area contributed by atoms with Gasteiger partial charge in [0.25, 0.3) is 0 Å². The lowest BCUT2D eigenvalue weighted by atomic mass is 9.32. The molecule has 0 aromatic rings. The summed E-state index contributed by atoms with van der Waals surface area (Å²) < 4.78 is 17.4. The maximum atomic E-state index is 15.2. The minimum Gasteiger partial charge on any atom is -0.481 e. The first kappa shape index (κ1) is 42.0. The number of carbonyl (C=O) groups excluding carboxylic acids is 2. The van der Waals surface area contributed by atoms with Gasteiger partial charge >= 0.3 is 11.9 Å². The fraction of sp³-hybridized carbons (Fsp3) is 0.938. The molecule has 1 amide bonds. The second-order valence-corrected chi connectivity index (χ2v) is 23.2. The van der Waals surface area contributed by atoms with Crippen LogP contribution in [-0.4, -0.2) is 98.5 Å². The normalized spacial score (nSPS) is 45.4. The van der Waals surface area contributed by atoms with Gasteiger partial charge in [-0.2, -0.15) is 0 Å². The first-order chi connectivity index (χ1) is 26.8. The van der Waals surface area contributed by atoms with Gasteiger partial charge < -0.3 is 24.2 Å². The molecule has 0 spiro atoms. The third-order valence-electron chi connectivity index (χ3n) is 20.5. The van der Waals surface area contributed by atoms with Crippen LogP contribution in [0.15, 0.2) is 0 Å². The van der Waals surface area contributed by atoms with Crippen LogP contribution in [0, 0.1) is 79.3 Å². The van der Waals surface area contributed by atoms with Crippen LogP contribution in [0.4, 0.5) is 0 Å². The number of esters is 1. The summed E-state index contributed by atoms with van der Waals surface area (Å²) in [5, 5.41) is 9.69. The number of piperazine rings is 1. The molecule has 0 radical (unpaired) electrons. The zero-order chi connectivity index (χ0) is 41.0. The fourth-order valence-corrected chi connectivity index (χ4v) is 16.4. The number of rotatable bonds is 11. The molecule has 1 heterocycles. The second kappa shape index (κ2) is 14.5. The van der Waals surface area contributed by atoms with E-state index in [0.29, 0.717) is 67.2 Å². The third-order valence-corrected chi connectivity index (χ3v) is 20.5. The molecule has 9 heteroatoms. The van der Waals surface area contributed by atoms with Crippen LogP contribution < -0.4 is 0 Å². The Labute approximate surface area is 344 Å². The molecule has 0 bridgehead atoms. The lowest BCUT2D eigenvalue weighted by Crippen LogP contribution is -2.68. The van der Waals surface area contributed by atoms with E-state index in [2.05, 4.69) is 51.3 Å². The maximum absolute atomic E-state index is 15.2. The summed E-state index contributed by atoms with van der Waals surface area (Å²) in [4.78, 5) is 45.5. The number of methoxy groups -OCH3 is 1. The highest BCUT2D eigenvalue weighted by molar-refractivity contribution is 5.84. The van der Waals surface area contributed by atoms with Gasteiger partial charge in [0.15, 0.2) is 0 Å². The lowest BCUT2D eigenvalue weighted by Gasteiger charge is -2.73. The van der Waals surface area contributed by atoms with Crippen molar-refractivity contribution in [1.82, 2.24) is 9.80 Å². The van der Waals surface area contributed by atoms with Gasteiger partial charge in [-0.15, -0.1) is 0 Å². The predicted molar refractivity (Wildman–Crippen MR) is 220 cm³/mol. The molecule has 7 aliphatic carbocycles. The van der Waals surface area contributed by atoms with Crippen molar-refractivity contribution in [1.29, 1.82) is 0 Å². The number of nitrogens with zero attached hydrogens (tertiary/aromatic N) is 2. The lowest BCUT2D eigenvalue weighted by molar-refractivity contribution is -0.253. The molecule has 9 nitrogen and oxygen atoms in total. The Morgan fingerprint density at radius 1 is 0.667 bits per heavy atom.